The Kier molecular flexibility index (Phi) is 5.86. The second-order valence-corrected chi connectivity index (χ2v) is 5.77. The number of carboxylic acid groups (broad SMARTS) is 1. The summed E-state index contributed by atoms with van der Waals surface area (Å²) >= 11 is 0. The number of halogens is 3. The van der Waals surface area contributed by atoms with Gasteiger partial charge in [-0.05, 0) is 34.6 Å². The molecular formula is C12H21F3N2O3. The van der Waals surface area contributed by atoms with Crippen LogP contribution in [0.2, 0.25) is 0 Å². The third-order valence-electron chi connectivity index (χ3n) is 2.55. The fourth-order valence-electron chi connectivity index (χ4n) is 1.55. The van der Waals surface area contributed by atoms with E-state index in [0.29, 0.717) is 4.90 Å². The second kappa shape index (κ2) is 6.32. The number of rotatable bonds is 4. The minimum Gasteiger partial charge on any atom is -0.480 e. The van der Waals surface area contributed by atoms with Crippen molar-refractivity contribution in [1.82, 2.24) is 9.80 Å². The van der Waals surface area contributed by atoms with Crippen molar-refractivity contribution in [2.24, 2.45) is 0 Å². The number of hydrogen-bond acceptors (Lipinski definition) is 2. The van der Waals surface area contributed by atoms with Gasteiger partial charge in [-0.15, -0.1) is 0 Å². The van der Waals surface area contributed by atoms with Gasteiger partial charge in [-0.3, -0.25) is 4.79 Å². The molecule has 0 aromatic rings. The Balaban J connectivity index is 5.32. The van der Waals surface area contributed by atoms with Crippen molar-refractivity contribution in [3.8, 4) is 0 Å². The van der Waals surface area contributed by atoms with Crippen molar-refractivity contribution in [2.75, 3.05) is 13.1 Å². The topological polar surface area (TPSA) is 60.9 Å². The van der Waals surface area contributed by atoms with E-state index in [-0.39, 0.29) is 0 Å². The minimum atomic E-state index is -4.54. The molecule has 0 fully saturated rings. The zero-order valence-corrected chi connectivity index (χ0v) is 12.3. The lowest BCUT2D eigenvalue weighted by Gasteiger charge is -2.40. The molecule has 0 heterocycles. The van der Waals surface area contributed by atoms with E-state index in [1.54, 1.807) is 20.8 Å². The molecule has 8 heteroatoms. The maximum Gasteiger partial charge on any atom is 0.406 e. The fourth-order valence-corrected chi connectivity index (χ4v) is 1.55. The van der Waals surface area contributed by atoms with Crippen molar-refractivity contribution in [3.05, 3.63) is 0 Å². The monoisotopic (exact) mass is 298 g/mol. The molecule has 2 amide bonds. The highest BCUT2D eigenvalue weighted by atomic mass is 19.4. The summed E-state index contributed by atoms with van der Waals surface area (Å²) in [5, 5.41) is 8.81. The molecule has 0 aliphatic carbocycles. The standard InChI is InChI=1S/C12H21F3N2O3/c1-8(2)16(7-12(13,14)15)10(20)17(6-9(18)19)11(3,4)5/h8H,6-7H2,1-5H3,(H,18,19). The largest absolute Gasteiger partial charge is 0.480 e. The molecule has 0 aliphatic rings. The van der Waals surface area contributed by atoms with Crippen LogP contribution in [0.1, 0.15) is 34.6 Å². The van der Waals surface area contributed by atoms with Gasteiger partial charge in [0.1, 0.15) is 13.1 Å². The lowest BCUT2D eigenvalue weighted by Crippen LogP contribution is -2.56. The molecule has 0 aromatic carbocycles. The molecular weight excluding hydrogens is 277 g/mol. The normalized spacial score (nSPS) is 12.4. The van der Waals surface area contributed by atoms with E-state index in [1.165, 1.54) is 13.8 Å². The van der Waals surface area contributed by atoms with Gasteiger partial charge in [0.05, 0.1) is 0 Å². The molecule has 0 aromatic heterocycles. The first-order valence-corrected chi connectivity index (χ1v) is 6.12. The van der Waals surface area contributed by atoms with Crippen molar-refractivity contribution in [2.45, 2.75) is 52.4 Å². The van der Waals surface area contributed by atoms with Crippen molar-refractivity contribution in [3.63, 3.8) is 0 Å². The Bertz CT molecular complexity index is 362. The summed E-state index contributed by atoms with van der Waals surface area (Å²) in [7, 11) is 0. The minimum absolute atomic E-state index is 0.619. The number of nitrogens with zero attached hydrogens (tertiary/aromatic N) is 2. The predicted octanol–water partition coefficient (Wildman–Crippen LogP) is 2.56. The lowest BCUT2D eigenvalue weighted by atomic mass is 10.1. The first-order chi connectivity index (χ1) is 8.75. The zero-order valence-electron chi connectivity index (χ0n) is 12.3. The number of alkyl halides is 3. The number of aliphatic carboxylic acids is 1. The Morgan fingerprint density at radius 3 is 1.85 bits per heavy atom. The summed E-state index contributed by atoms with van der Waals surface area (Å²) in [5.41, 5.74) is -0.895. The van der Waals surface area contributed by atoms with Crippen LogP contribution in [0.25, 0.3) is 0 Å². The van der Waals surface area contributed by atoms with Gasteiger partial charge >= 0.3 is 18.2 Å². The van der Waals surface area contributed by atoms with Crippen LogP contribution in [0, 0.1) is 0 Å². The molecule has 0 bridgehead atoms. The predicted molar refractivity (Wildman–Crippen MR) is 67.4 cm³/mol. The molecule has 0 saturated carbocycles. The summed E-state index contributed by atoms with van der Waals surface area (Å²) in [5.74, 6) is -1.27. The van der Waals surface area contributed by atoms with Gasteiger partial charge in [-0.2, -0.15) is 13.2 Å². The number of urea groups is 1. The first-order valence-electron chi connectivity index (χ1n) is 6.12. The molecule has 1 N–H and O–H groups in total. The zero-order chi connectivity index (χ0) is 16.3. The molecule has 0 saturated heterocycles. The van der Waals surface area contributed by atoms with Gasteiger partial charge in [-0.1, -0.05) is 0 Å². The molecule has 0 rings (SSSR count). The molecule has 118 valence electrons. The average Bonchev–Trinajstić information content (AvgIpc) is 2.18. The van der Waals surface area contributed by atoms with Crippen LogP contribution in [0.3, 0.4) is 0 Å². The third-order valence-corrected chi connectivity index (χ3v) is 2.55. The highest BCUT2D eigenvalue weighted by molar-refractivity contribution is 5.81. The van der Waals surface area contributed by atoms with E-state index in [2.05, 4.69) is 0 Å². The quantitative estimate of drug-likeness (QED) is 0.867. The van der Waals surface area contributed by atoms with E-state index in [0.717, 1.165) is 4.90 Å². The van der Waals surface area contributed by atoms with Gasteiger partial charge in [0.2, 0.25) is 0 Å². The smallest absolute Gasteiger partial charge is 0.406 e. The number of amides is 2. The van der Waals surface area contributed by atoms with Gasteiger partial charge in [-0.25, -0.2) is 4.79 Å². The highest BCUT2D eigenvalue weighted by Gasteiger charge is 2.39. The number of carbonyl (C=O) groups excluding carboxylic acids is 1. The van der Waals surface area contributed by atoms with Crippen LogP contribution in [-0.2, 0) is 4.79 Å². The Morgan fingerprint density at radius 1 is 1.15 bits per heavy atom. The van der Waals surface area contributed by atoms with Crippen molar-refractivity contribution in [1.29, 1.82) is 0 Å². The van der Waals surface area contributed by atoms with Crippen LogP contribution in [0.15, 0.2) is 0 Å². The van der Waals surface area contributed by atoms with E-state index >= 15 is 0 Å². The summed E-state index contributed by atoms with van der Waals surface area (Å²) in [6.45, 7) is 5.55. The van der Waals surface area contributed by atoms with E-state index in [4.69, 9.17) is 5.11 Å². The van der Waals surface area contributed by atoms with Crippen molar-refractivity contribution >= 4 is 12.0 Å². The number of carboxylic acids is 1. The molecule has 0 atom stereocenters. The highest BCUT2D eigenvalue weighted by Crippen LogP contribution is 2.22. The SMILES string of the molecule is CC(C)N(CC(F)(F)F)C(=O)N(CC(=O)O)C(C)(C)C. The lowest BCUT2D eigenvalue weighted by molar-refractivity contribution is -0.146. The molecule has 20 heavy (non-hydrogen) atoms. The van der Waals surface area contributed by atoms with E-state index < -0.39 is 42.8 Å². The Morgan fingerprint density at radius 2 is 1.60 bits per heavy atom. The molecule has 0 spiro atoms. The summed E-state index contributed by atoms with van der Waals surface area (Å²) in [4.78, 5) is 24.6. The van der Waals surface area contributed by atoms with Gasteiger partial charge < -0.3 is 14.9 Å². The maximum absolute atomic E-state index is 12.5. The Labute approximate surface area is 116 Å². The van der Waals surface area contributed by atoms with Crippen LogP contribution in [-0.4, -0.2) is 57.8 Å². The van der Waals surface area contributed by atoms with Crippen LogP contribution < -0.4 is 0 Å². The third kappa shape index (κ3) is 6.12. The van der Waals surface area contributed by atoms with Gasteiger partial charge in [0.25, 0.3) is 0 Å². The van der Waals surface area contributed by atoms with Crippen molar-refractivity contribution < 1.29 is 27.9 Å². The summed E-state index contributed by atoms with van der Waals surface area (Å²) < 4.78 is 37.6. The molecule has 0 aliphatic heterocycles. The Hall–Kier alpha value is -1.47. The van der Waals surface area contributed by atoms with Gasteiger partial charge in [0, 0.05) is 11.6 Å². The molecule has 0 radical (unpaired) electrons. The molecule has 5 nitrogen and oxygen atoms in total. The first kappa shape index (κ1) is 18.5. The summed E-state index contributed by atoms with van der Waals surface area (Å²) in [6, 6.07) is -1.63. The van der Waals surface area contributed by atoms with Crippen LogP contribution in [0.5, 0.6) is 0 Å². The number of carbonyl (C=O) groups is 2. The fraction of sp³-hybridized carbons (Fsp3) is 0.833. The van der Waals surface area contributed by atoms with Crippen LogP contribution >= 0.6 is 0 Å². The van der Waals surface area contributed by atoms with Crippen LogP contribution in [0.4, 0.5) is 18.0 Å². The second-order valence-electron chi connectivity index (χ2n) is 5.77. The van der Waals surface area contributed by atoms with E-state index in [9.17, 15) is 22.8 Å². The van der Waals surface area contributed by atoms with Gasteiger partial charge in [0.15, 0.2) is 0 Å². The average molecular weight is 298 g/mol. The maximum atomic E-state index is 12.5. The number of hydrogen-bond donors (Lipinski definition) is 1. The van der Waals surface area contributed by atoms with E-state index in [1.807, 2.05) is 0 Å². The molecule has 0 unspecified atom stereocenters. The summed E-state index contributed by atoms with van der Waals surface area (Å²) in [6.07, 6.45) is -4.54.